The van der Waals surface area contributed by atoms with Crippen LogP contribution in [0, 0.1) is 0 Å². The van der Waals surface area contributed by atoms with Gasteiger partial charge in [0.15, 0.2) is 0 Å². The third-order valence-corrected chi connectivity index (χ3v) is 5.60. The predicted octanol–water partition coefficient (Wildman–Crippen LogP) is -0.491. The Morgan fingerprint density at radius 1 is 1.38 bits per heavy atom. The van der Waals surface area contributed by atoms with Crippen LogP contribution in [0.25, 0.3) is 0 Å². The van der Waals surface area contributed by atoms with Crippen molar-refractivity contribution in [3.05, 3.63) is 18.3 Å². The van der Waals surface area contributed by atoms with Crippen LogP contribution in [-0.2, 0) is 14.8 Å². The van der Waals surface area contributed by atoms with Gasteiger partial charge in [0, 0.05) is 25.8 Å². The molecule has 21 heavy (non-hydrogen) atoms. The van der Waals surface area contributed by atoms with Crippen molar-refractivity contribution >= 4 is 15.8 Å². The van der Waals surface area contributed by atoms with Gasteiger partial charge >= 0.3 is 0 Å². The number of sulfonamides is 1. The van der Waals surface area contributed by atoms with Gasteiger partial charge in [-0.3, -0.25) is 4.90 Å². The number of aromatic nitrogens is 1. The summed E-state index contributed by atoms with van der Waals surface area (Å²) < 4.78 is 31.5. The van der Waals surface area contributed by atoms with E-state index in [0.717, 1.165) is 32.1 Å². The second-order valence-electron chi connectivity index (χ2n) is 5.42. The molecule has 8 heteroatoms. The van der Waals surface area contributed by atoms with Gasteiger partial charge in [-0.05, 0) is 26.2 Å². The first kappa shape index (κ1) is 14.7. The molecule has 0 bridgehead atoms. The van der Waals surface area contributed by atoms with Crippen LogP contribution < -0.4 is 9.62 Å². The standard InChI is InChI=1S/C13H20N4O3S/c1-14-21(18,19)10-3-4-13(15-7-10)17-8-11-12(9-17)20-6-5-16(11)2/h3-4,7,11-12,14H,5-6,8-9H2,1-2H3. The summed E-state index contributed by atoms with van der Waals surface area (Å²) in [5.41, 5.74) is 0. The van der Waals surface area contributed by atoms with Crippen molar-refractivity contribution in [1.29, 1.82) is 0 Å². The number of pyridine rings is 1. The molecule has 2 aliphatic rings. The molecule has 0 aromatic carbocycles. The van der Waals surface area contributed by atoms with E-state index in [1.54, 1.807) is 12.1 Å². The largest absolute Gasteiger partial charge is 0.373 e. The fourth-order valence-electron chi connectivity index (χ4n) is 2.88. The normalized spacial score (nSPS) is 26.9. The van der Waals surface area contributed by atoms with Crippen molar-refractivity contribution in [2.75, 3.05) is 45.2 Å². The molecule has 1 N–H and O–H groups in total. The fourth-order valence-corrected chi connectivity index (χ4v) is 3.56. The smallest absolute Gasteiger partial charge is 0.241 e. The highest BCUT2D eigenvalue weighted by atomic mass is 32.2. The van der Waals surface area contributed by atoms with Crippen LogP contribution in [0.2, 0.25) is 0 Å². The van der Waals surface area contributed by atoms with Gasteiger partial charge in [0.1, 0.15) is 10.7 Å². The van der Waals surface area contributed by atoms with E-state index >= 15 is 0 Å². The minimum atomic E-state index is -3.43. The molecule has 2 unspecified atom stereocenters. The zero-order valence-corrected chi connectivity index (χ0v) is 13.0. The van der Waals surface area contributed by atoms with Crippen LogP contribution in [0.4, 0.5) is 5.82 Å². The van der Waals surface area contributed by atoms with E-state index in [9.17, 15) is 8.42 Å². The molecule has 1 aromatic heterocycles. The quantitative estimate of drug-likeness (QED) is 0.812. The van der Waals surface area contributed by atoms with Crippen LogP contribution in [-0.4, -0.2) is 70.8 Å². The molecule has 0 spiro atoms. The van der Waals surface area contributed by atoms with E-state index in [1.807, 2.05) is 0 Å². The highest BCUT2D eigenvalue weighted by Gasteiger charge is 2.39. The van der Waals surface area contributed by atoms with Gasteiger partial charge in [0.25, 0.3) is 0 Å². The minimum Gasteiger partial charge on any atom is -0.373 e. The number of hydrogen-bond donors (Lipinski definition) is 1. The molecule has 2 atom stereocenters. The third-order valence-electron chi connectivity index (χ3n) is 4.20. The van der Waals surface area contributed by atoms with E-state index in [-0.39, 0.29) is 11.0 Å². The summed E-state index contributed by atoms with van der Waals surface area (Å²) in [4.78, 5) is 8.93. The molecule has 7 nitrogen and oxygen atoms in total. The Morgan fingerprint density at radius 2 is 2.19 bits per heavy atom. The van der Waals surface area contributed by atoms with Crippen molar-refractivity contribution in [2.45, 2.75) is 17.0 Å². The molecule has 1 aromatic rings. The van der Waals surface area contributed by atoms with E-state index in [0.29, 0.717) is 6.04 Å². The lowest BCUT2D eigenvalue weighted by Gasteiger charge is -2.33. The van der Waals surface area contributed by atoms with Gasteiger partial charge < -0.3 is 9.64 Å². The molecule has 2 aliphatic heterocycles. The predicted molar refractivity (Wildman–Crippen MR) is 78.9 cm³/mol. The summed E-state index contributed by atoms with van der Waals surface area (Å²) in [5.74, 6) is 0.788. The van der Waals surface area contributed by atoms with Gasteiger partial charge in [0.05, 0.1) is 18.8 Å². The zero-order valence-electron chi connectivity index (χ0n) is 12.2. The summed E-state index contributed by atoms with van der Waals surface area (Å²) in [5, 5.41) is 0. The highest BCUT2D eigenvalue weighted by molar-refractivity contribution is 7.89. The molecule has 0 amide bonds. The summed E-state index contributed by atoms with van der Waals surface area (Å²) in [6.45, 7) is 3.35. The Balaban J connectivity index is 1.77. The number of hydrogen-bond acceptors (Lipinski definition) is 6. The zero-order chi connectivity index (χ0) is 15.0. The first-order valence-corrected chi connectivity index (χ1v) is 8.46. The van der Waals surface area contributed by atoms with Crippen LogP contribution in [0.3, 0.4) is 0 Å². The second-order valence-corrected chi connectivity index (χ2v) is 7.31. The molecule has 0 radical (unpaired) electrons. The number of nitrogens with one attached hydrogen (secondary N) is 1. The molecule has 3 rings (SSSR count). The van der Waals surface area contributed by atoms with Gasteiger partial charge in [-0.15, -0.1) is 0 Å². The molecular formula is C13H20N4O3S. The SMILES string of the molecule is CNS(=O)(=O)c1ccc(N2CC3OCCN(C)C3C2)nc1. The number of likely N-dealkylation sites (N-methyl/N-ethyl adjacent to an activating group) is 1. The lowest BCUT2D eigenvalue weighted by molar-refractivity contribution is -0.0362. The average molecular weight is 312 g/mol. The molecule has 2 saturated heterocycles. The maximum atomic E-state index is 11.7. The van der Waals surface area contributed by atoms with Crippen molar-refractivity contribution in [1.82, 2.24) is 14.6 Å². The number of morpholine rings is 1. The second kappa shape index (κ2) is 5.53. The Hall–Kier alpha value is -1.22. The van der Waals surface area contributed by atoms with Crippen molar-refractivity contribution < 1.29 is 13.2 Å². The Morgan fingerprint density at radius 3 is 2.81 bits per heavy atom. The van der Waals surface area contributed by atoms with Crippen molar-refractivity contribution in [3.63, 3.8) is 0 Å². The molecule has 3 heterocycles. The monoisotopic (exact) mass is 312 g/mol. The lowest BCUT2D eigenvalue weighted by atomic mass is 10.1. The number of nitrogens with zero attached hydrogens (tertiary/aromatic N) is 3. The van der Waals surface area contributed by atoms with E-state index in [2.05, 4.69) is 26.6 Å². The number of fused-ring (bicyclic) bond motifs is 1. The molecule has 0 saturated carbocycles. The van der Waals surface area contributed by atoms with Crippen molar-refractivity contribution in [2.24, 2.45) is 0 Å². The summed E-state index contributed by atoms with van der Waals surface area (Å²) >= 11 is 0. The first-order valence-electron chi connectivity index (χ1n) is 6.97. The highest BCUT2D eigenvalue weighted by Crippen LogP contribution is 2.25. The topological polar surface area (TPSA) is 74.8 Å². The van der Waals surface area contributed by atoms with Gasteiger partial charge in [0.2, 0.25) is 10.0 Å². The van der Waals surface area contributed by atoms with Crippen LogP contribution in [0.5, 0.6) is 0 Å². The Labute approximate surface area is 125 Å². The Bertz CT molecular complexity index is 604. The number of ether oxygens (including phenoxy) is 1. The van der Waals surface area contributed by atoms with Gasteiger partial charge in [-0.1, -0.05) is 0 Å². The minimum absolute atomic E-state index is 0.179. The number of rotatable bonds is 3. The fraction of sp³-hybridized carbons (Fsp3) is 0.615. The maximum absolute atomic E-state index is 11.7. The van der Waals surface area contributed by atoms with Crippen LogP contribution in [0.15, 0.2) is 23.2 Å². The Kier molecular flexibility index (Phi) is 3.87. The molecule has 0 aliphatic carbocycles. The molecular weight excluding hydrogens is 292 g/mol. The summed E-state index contributed by atoms with van der Waals surface area (Å²) in [6.07, 6.45) is 1.60. The lowest BCUT2D eigenvalue weighted by Crippen LogP contribution is -2.48. The van der Waals surface area contributed by atoms with Crippen molar-refractivity contribution in [3.8, 4) is 0 Å². The van der Waals surface area contributed by atoms with Gasteiger partial charge in [-0.25, -0.2) is 18.1 Å². The number of anilines is 1. The average Bonchev–Trinajstić information content (AvgIpc) is 2.93. The summed E-state index contributed by atoms with van der Waals surface area (Å²) in [6, 6.07) is 3.71. The molecule has 2 fully saturated rings. The van der Waals surface area contributed by atoms with E-state index in [1.165, 1.54) is 13.2 Å². The molecule has 116 valence electrons. The van der Waals surface area contributed by atoms with Crippen LogP contribution in [0.1, 0.15) is 0 Å². The van der Waals surface area contributed by atoms with Gasteiger partial charge in [-0.2, -0.15) is 0 Å². The van der Waals surface area contributed by atoms with Crippen LogP contribution >= 0.6 is 0 Å². The third kappa shape index (κ3) is 2.76. The first-order chi connectivity index (χ1) is 10.0. The van der Waals surface area contributed by atoms with E-state index < -0.39 is 10.0 Å². The maximum Gasteiger partial charge on any atom is 0.241 e. The van der Waals surface area contributed by atoms with E-state index in [4.69, 9.17) is 4.74 Å². The summed E-state index contributed by atoms with van der Waals surface area (Å²) in [7, 11) is 0.0692.